The monoisotopic (exact) mass is 346 g/mol. The standard InChI is InChI=1S/C18H26N4O3/c1-12-11-14(15(23)19-3)21-17(20-12)18(2)7-4-8-22(18)16(24)13-5-9-25-10-6-13/h11,13H,4-10H2,1-3H3,(H,19,23)/t18-/m1/s1. The number of aryl methyl sites for hydroxylation is 1. The van der Waals surface area contributed by atoms with Gasteiger partial charge in [-0.1, -0.05) is 0 Å². The maximum Gasteiger partial charge on any atom is 0.269 e. The molecule has 25 heavy (non-hydrogen) atoms. The molecule has 7 nitrogen and oxygen atoms in total. The molecule has 3 rings (SSSR count). The Morgan fingerprint density at radius 1 is 1.32 bits per heavy atom. The van der Waals surface area contributed by atoms with Gasteiger partial charge in [-0.05, 0) is 45.6 Å². The van der Waals surface area contributed by atoms with Crippen molar-refractivity contribution in [2.75, 3.05) is 26.8 Å². The average molecular weight is 346 g/mol. The van der Waals surface area contributed by atoms with E-state index in [9.17, 15) is 9.59 Å². The van der Waals surface area contributed by atoms with Gasteiger partial charge < -0.3 is 15.0 Å². The van der Waals surface area contributed by atoms with Gasteiger partial charge >= 0.3 is 0 Å². The maximum absolute atomic E-state index is 13.1. The summed E-state index contributed by atoms with van der Waals surface area (Å²) >= 11 is 0. The molecule has 2 aliphatic heterocycles. The van der Waals surface area contributed by atoms with Crippen LogP contribution >= 0.6 is 0 Å². The first-order chi connectivity index (χ1) is 12.0. The molecule has 1 aromatic rings. The molecule has 0 spiro atoms. The van der Waals surface area contributed by atoms with E-state index in [1.54, 1.807) is 13.1 Å². The summed E-state index contributed by atoms with van der Waals surface area (Å²) in [6, 6.07) is 1.67. The summed E-state index contributed by atoms with van der Waals surface area (Å²) in [5, 5.41) is 2.60. The highest BCUT2D eigenvalue weighted by molar-refractivity contribution is 5.92. The predicted molar refractivity (Wildman–Crippen MR) is 92.0 cm³/mol. The molecule has 0 radical (unpaired) electrons. The number of rotatable bonds is 3. The lowest BCUT2D eigenvalue weighted by atomic mass is 9.93. The highest BCUT2D eigenvalue weighted by atomic mass is 16.5. The molecule has 2 aliphatic rings. The lowest BCUT2D eigenvalue weighted by molar-refractivity contribution is -0.143. The van der Waals surface area contributed by atoms with Gasteiger partial charge in [-0.2, -0.15) is 0 Å². The van der Waals surface area contributed by atoms with Gasteiger partial charge in [0.2, 0.25) is 5.91 Å². The van der Waals surface area contributed by atoms with Crippen molar-refractivity contribution in [3.05, 3.63) is 23.3 Å². The average Bonchev–Trinajstić information content (AvgIpc) is 3.03. The van der Waals surface area contributed by atoms with Crippen molar-refractivity contribution in [2.24, 2.45) is 5.92 Å². The second kappa shape index (κ2) is 7.07. The van der Waals surface area contributed by atoms with E-state index in [2.05, 4.69) is 15.3 Å². The van der Waals surface area contributed by atoms with Crippen molar-refractivity contribution < 1.29 is 14.3 Å². The molecule has 1 N–H and O–H groups in total. The quantitative estimate of drug-likeness (QED) is 0.894. The van der Waals surface area contributed by atoms with Gasteiger partial charge in [-0.3, -0.25) is 9.59 Å². The molecule has 7 heteroatoms. The molecule has 0 aromatic carbocycles. The second-order valence-corrected chi connectivity index (χ2v) is 7.05. The number of nitrogens with one attached hydrogen (secondary N) is 1. The van der Waals surface area contributed by atoms with Crippen LogP contribution in [0.2, 0.25) is 0 Å². The number of hydrogen-bond donors (Lipinski definition) is 1. The van der Waals surface area contributed by atoms with Gasteiger partial charge in [0.25, 0.3) is 5.91 Å². The Kier molecular flexibility index (Phi) is 5.03. The van der Waals surface area contributed by atoms with E-state index in [0.717, 1.165) is 31.4 Å². The Morgan fingerprint density at radius 2 is 2.04 bits per heavy atom. The first-order valence-electron chi connectivity index (χ1n) is 8.93. The molecule has 2 fully saturated rings. The van der Waals surface area contributed by atoms with E-state index in [1.165, 1.54) is 0 Å². The number of aromatic nitrogens is 2. The smallest absolute Gasteiger partial charge is 0.269 e. The first kappa shape index (κ1) is 17.8. The third-order valence-electron chi connectivity index (χ3n) is 5.27. The van der Waals surface area contributed by atoms with E-state index in [-0.39, 0.29) is 17.7 Å². The third kappa shape index (κ3) is 3.38. The molecule has 1 aromatic heterocycles. The number of nitrogens with zero attached hydrogens (tertiary/aromatic N) is 3. The molecule has 136 valence electrons. The Bertz CT molecular complexity index is 672. The number of carbonyl (C=O) groups excluding carboxylic acids is 2. The Morgan fingerprint density at radius 3 is 2.72 bits per heavy atom. The normalized spacial score (nSPS) is 24.4. The van der Waals surface area contributed by atoms with Crippen molar-refractivity contribution in [1.82, 2.24) is 20.2 Å². The van der Waals surface area contributed by atoms with Crippen LogP contribution in [0.1, 0.15) is 54.6 Å². The highest BCUT2D eigenvalue weighted by Crippen LogP contribution is 2.38. The van der Waals surface area contributed by atoms with Gasteiger partial charge in [0.1, 0.15) is 5.69 Å². The van der Waals surface area contributed by atoms with Gasteiger partial charge in [0.05, 0.1) is 5.54 Å². The van der Waals surface area contributed by atoms with Gasteiger partial charge in [0, 0.05) is 38.4 Å². The van der Waals surface area contributed by atoms with Crippen LogP contribution in [0.25, 0.3) is 0 Å². The largest absolute Gasteiger partial charge is 0.381 e. The Hall–Kier alpha value is -2.02. The molecule has 0 bridgehead atoms. The van der Waals surface area contributed by atoms with Crippen LogP contribution in [0, 0.1) is 12.8 Å². The van der Waals surface area contributed by atoms with Crippen molar-refractivity contribution in [2.45, 2.75) is 45.1 Å². The van der Waals surface area contributed by atoms with Crippen LogP contribution in [-0.4, -0.2) is 53.5 Å². The molecule has 3 heterocycles. The van der Waals surface area contributed by atoms with Crippen molar-refractivity contribution >= 4 is 11.8 Å². The zero-order chi connectivity index (χ0) is 18.0. The number of amides is 2. The van der Waals surface area contributed by atoms with Crippen molar-refractivity contribution in [3.63, 3.8) is 0 Å². The van der Waals surface area contributed by atoms with Crippen LogP contribution in [0.15, 0.2) is 6.07 Å². The van der Waals surface area contributed by atoms with Crippen LogP contribution in [0.3, 0.4) is 0 Å². The SMILES string of the molecule is CNC(=O)c1cc(C)nc([C@@]2(C)CCCN2C(=O)C2CCOCC2)n1. The summed E-state index contributed by atoms with van der Waals surface area (Å²) in [5.41, 5.74) is 0.510. The van der Waals surface area contributed by atoms with Crippen molar-refractivity contribution in [3.8, 4) is 0 Å². The Labute approximate surface area is 148 Å². The summed E-state index contributed by atoms with van der Waals surface area (Å²) < 4.78 is 5.38. The summed E-state index contributed by atoms with van der Waals surface area (Å²) in [7, 11) is 1.58. The molecule has 0 saturated carbocycles. The van der Waals surface area contributed by atoms with Crippen LogP contribution in [0.4, 0.5) is 0 Å². The Balaban J connectivity index is 1.92. The minimum atomic E-state index is -0.565. The fourth-order valence-corrected chi connectivity index (χ4v) is 3.77. The maximum atomic E-state index is 13.1. The summed E-state index contributed by atoms with van der Waals surface area (Å²) in [6.45, 7) is 5.85. The van der Waals surface area contributed by atoms with E-state index >= 15 is 0 Å². The zero-order valence-corrected chi connectivity index (χ0v) is 15.2. The van der Waals surface area contributed by atoms with Gasteiger partial charge in [-0.25, -0.2) is 9.97 Å². The molecular weight excluding hydrogens is 320 g/mol. The van der Waals surface area contributed by atoms with E-state index in [1.807, 2.05) is 18.7 Å². The minimum Gasteiger partial charge on any atom is -0.381 e. The fourth-order valence-electron chi connectivity index (χ4n) is 3.77. The number of ether oxygens (including phenoxy) is 1. The lowest BCUT2D eigenvalue weighted by Crippen LogP contribution is -2.47. The molecule has 1 atom stereocenters. The molecule has 2 amide bonds. The third-order valence-corrected chi connectivity index (χ3v) is 5.27. The topological polar surface area (TPSA) is 84.4 Å². The number of hydrogen-bond acceptors (Lipinski definition) is 5. The summed E-state index contributed by atoms with van der Waals surface area (Å²) in [5.74, 6) is 0.490. The van der Waals surface area contributed by atoms with Crippen LogP contribution in [0.5, 0.6) is 0 Å². The molecular formula is C18H26N4O3. The van der Waals surface area contributed by atoms with Gasteiger partial charge in [-0.15, -0.1) is 0 Å². The fraction of sp³-hybridized carbons (Fsp3) is 0.667. The van der Waals surface area contributed by atoms with Crippen molar-refractivity contribution in [1.29, 1.82) is 0 Å². The number of carbonyl (C=O) groups is 2. The molecule has 0 unspecified atom stereocenters. The van der Waals surface area contributed by atoms with E-state index < -0.39 is 5.54 Å². The number of likely N-dealkylation sites (tertiary alicyclic amines) is 1. The van der Waals surface area contributed by atoms with Gasteiger partial charge in [0.15, 0.2) is 5.82 Å². The molecule has 2 saturated heterocycles. The van der Waals surface area contributed by atoms with Crippen LogP contribution in [-0.2, 0) is 15.1 Å². The first-order valence-corrected chi connectivity index (χ1v) is 8.93. The molecule has 0 aliphatic carbocycles. The van der Waals surface area contributed by atoms with Crippen LogP contribution < -0.4 is 5.32 Å². The zero-order valence-electron chi connectivity index (χ0n) is 15.2. The minimum absolute atomic E-state index is 0.00870. The predicted octanol–water partition coefficient (Wildman–Crippen LogP) is 1.41. The summed E-state index contributed by atoms with van der Waals surface area (Å²) in [4.78, 5) is 36.1. The highest BCUT2D eigenvalue weighted by Gasteiger charge is 2.45. The van der Waals surface area contributed by atoms with E-state index in [0.29, 0.717) is 31.3 Å². The second-order valence-electron chi connectivity index (χ2n) is 7.05. The van der Waals surface area contributed by atoms with E-state index in [4.69, 9.17) is 4.74 Å². The lowest BCUT2D eigenvalue weighted by Gasteiger charge is -2.37. The summed E-state index contributed by atoms with van der Waals surface area (Å²) in [6.07, 6.45) is 3.25.